The van der Waals surface area contributed by atoms with Crippen molar-refractivity contribution >= 4 is 10.0 Å². The molecule has 0 heterocycles. The van der Waals surface area contributed by atoms with Crippen LogP contribution in [0.2, 0.25) is 0 Å². The average Bonchev–Trinajstić information content (AvgIpc) is 2.01. The summed E-state index contributed by atoms with van der Waals surface area (Å²) in [6.45, 7) is 3.34. The lowest BCUT2D eigenvalue weighted by molar-refractivity contribution is 0.473. The molecule has 0 aromatic heterocycles. The molecule has 0 aromatic rings. The number of hydrogen-bond acceptors (Lipinski definition) is 3. The van der Waals surface area contributed by atoms with Crippen molar-refractivity contribution in [1.82, 2.24) is 0 Å². The summed E-state index contributed by atoms with van der Waals surface area (Å²) in [4.78, 5) is -0.0689. The third-order valence-corrected chi connectivity index (χ3v) is 2.00. The number of aliphatic hydroxyl groups is 1. The lowest BCUT2D eigenvalue weighted by atomic mass is 10.4. The third-order valence-electron chi connectivity index (χ3n) is 1.07. The first-order chi connectivity index (χ1) is 6.02. The Kier molecular flexibility index (Phi) is 4.79. The van der Waals surface area contributed by atoms with Crippen molar-refractivity contribution in [3.63, 3.8) is 0 Å². The van der Waals surface area contributed by atoms with Crippen LogP contribution in [0.15, 0.2) is 48.1 Å². The molecule has 72 valence electrons. The summed E-state index contributed by atoms with van der Waals surface area (Å²) in [7, 11) is -3.72. The third kappa shape index (κ3) is 5.00. The lowest BCUT2D eigenvalue weighted by Gasteiger charge is -1.95. The Labute approximate surface area is 77.4 Å². The average molecular weight is 201 g/mol. The molecule has 0 bridgehead atoms. The summed E-state index contributed by atoms with van der Waals surface area (Å²) in [5.41, 5.74) is 0. The van der Waals surface area contributed by atoms with E-state index in [2.05, 4.69) is 6.58 Å². The van der Waals surface area contributed by atoms with Gasteiger partial charge in [0.15, 0.2) is 0 Å². The molecule has 0 fully saturated rings. The summed E-state index contributed by atoms with van der Waals surface area (Å²) in [6, 6.07) is 0. The molecule has 0 saturated heterocycles. The standard InChI is InChI=1S/C8H11NO3S/c1-2-5-8(13(9,11)12)6-3-4-7-10/h2-7,10H,1H2,(H2,9,11,12)/b6-3-,7-4+,8-5+. The van der Waals surface area contributed by atoms with Crippen molar-refractivity contribution in [2.75, 3.05) is 0 Å². The summed E-state index contributed by atoms with van der Waals surface area (Å²) in [6.07, 6.45) is 7.22. The van der Waals surface area contributed by atoms with E-state index in [1.165, 1.54) is 30.4 Å². The molecule has 5 heteroatoms. The number of primary sulfonamides is 1. The molecule has 0 aromatic carbocycles. The summed E-state index contributed by atoms with van der Waals surface area (Å²) in [5.74, 6) is 0. The molecule has 0 saturated carbocycles. The molecule has 13 heavy (non-hydrogen) atoms. The molecule has 0 aliphatic rings. The highest BCUT2D eigenvalue weighted by Gasteiger charge is 2.05. The molecule has 0 atom stereocenters. The number of aliphatic hydroxyl groups excluding tert-OH is 1. The number of allylic oxidation sites excluding steroid dienone is 5. The van der Waals surface area contributed by atoms with Crippen LogP contribution in [0, 0.1) is 0 Å². The van der Waals surface area contributed by atoms with Crippen molar-refractivity contribution in [2.45, 2.75) is 0 Å². The van der Waals surface area contributed by atoms with E-state index >= 15 is 0 Å². The zero-order valence-electron chi connectivity index (χ0n) is 6.92. The summed E-state index contributed by atoms with van der Waals surface area (Å²) in [5, 5.41) is 13.1. The normalized spacial score (nSPS) is 14.1. The Morgan fingerprint density at radius 2 is 2.00 bits per heavy atom. The molecule has 0 aliphatic carbocycles. The molecule has 0 spiro atoms. The van der Waals surface area contributed by atoms with Gasteiger partial charge in [0.25, 0.3) is 0 Å². The van der Waals surface area contributed by atoms with Crippen molar-refractivity contribution in [3.05, 3.63) is 48.1 Å². The lowest BCUT2D eigenvalue weighted by Crippen LogP contribution is -2.13. The first-order valence-electron chi connectivity index (χ1n) is 3.35. The Morgan fingerprint density at radius 3 is 2.38 bits per heavy atom. The first-order valence-corrected chi connectivity index (χ1v) is 4.90. The predicted octanol–water partition coefficient (Wildman–Crippen LogP) is 0.973. The predicted molar refractivity (Wildman–Crippen MR) is 52.3 cm³/mol. The van der Waals surface area contributed by atoms with E-state index in [4.69, 9.17) is 10.2 Å². The van der Waals surface area contributed by atoms with E-state index in [9.17, 15) is 8.42 Å². The SMILES string of the molecule is C=C\C=C(/C=C\C=C\O)S(N)(=O)=O. The van der Waals surface area contributed by atoms with Crippen LogP contribution in [0.25, 0.3) is 0 Å². The van der Waals surface area contributed by atoms with Gasteiger partial charge in [-0.15, -0.1) is 0 Å². The second-order valence-corrected chi connectivity index (χ2v) is 3.61. The van der Waals surface area contributed by atoms with Gasteiger partial charge < -0.3 is 5.11 Å². The van der Waals surface area contributed by atoms with Crippen molar-refractivity contribution < 1.29 is 13.5 Å². The van der Waals surface area contributed by atoms with Crippen LogP contribution in [0.4, 0.5) is 0 Å². The van der Waals surface area contributed by atoms with E-state index in [0.29, 0.717) is 0 Å². The topological polar surface area (TPSA) is 80.4 Å². The number of nitrogens with two attached hydrogens (primary N) is 1. The van der Waals surface area contributed by atoms with Gasteiger partial charge in [-0.25, -0.2) is 13.6 Å². The molecule has 3 N–H and O–H groups in total. The van der Waals surface area contributed by atoms with Gasteiger partial charge in [0.1, 0.15) is 0 Å². The van der Waals surface area contributed by atoms with Crippen molar-refractivity contribution in [1.29, 1.82) is 0 Å². The Balaban J connectivity index is 4.87. The number of sulfonamides is 1. The molecule has 4 nitrogen and oxygen atoms in total. The zero-order chi connectivity index (χ0) is 10.3. The maximum Gasteiger partial charge on any atom is 0.238 e. The maximum absolute atomic E-state index is 10.8. The van der Waals surface area contributed by atoms with Crippen molar-refractivity contribution in [3.8, 4) is 0 Å². The zero-order valence-corrected chi connectivity index (χ0v) is 7.74. The summed E-state index contributed by atoms with van der Waals surface area (Å²) < 4.78 is 21.7. The Morgan fingerprint density at radius 1 is 1.38 bits per heavy atom. The number of rotatable bonds is 4. The van der Waals surface area contributed by atoms with Crippen LogP contribution in [-0.4, -0.2) is 13.5 Å². The van der Waals surface area contributed by atoms with Gasteiger partial charge in [-0.2, -0.15) is 0 Å². The van der Waals surface area contributed by atoms with Crippen molar-refractivity contribution in [2.24, 2.45) is 5.14 Å². The van der Waals surface area contributed by atoms with E-state index in [1.54, 1.807) is 0 Å². The maximum atomic E-state index is 10.8. The van der Waals surface area contributed by atoms with Crippen LogP contribution >= 0.6 is 0 Å². The van der Waals surface area contributed by atoms with E-state index < -0.39 is 10.0 Å². The van der Waals surface area contributed by atoms with Crippen LogP contribution in [0.1, 0.15) is 0 Å². The number of hydrogen-bond donors (Lipinski definition) is 2. The minimum atomic E-state index is -3.72. The van der Waals surface area contributed by atoms with Gasteiger partial charge in [-0.3, -0.25) is 0 Å². The molecule has 0 aliphatic heterocycles. The largest absolute Gasteiger partial charge is 0.516 e. The summed E-state index contributed by atoms with van der Waals surface area (Å²) >= 11 is 0. The molecule has 0 rings (SSSR count). The minimum Gasteiger partial charge on any atom is -0.516 e. The second-order valence-electron chi connectivity index (χ2n) is 2.05. The molecule has 0 amide bonds. The van der Waals surface area contributed by atoms with Gasteiger partial charge >= 0.3 is 0 Å². The van der Waals surface area contributed by atoms with E-state index in [-0.39, 0.29) is 4.91 Å². The Bertz CT molecular complexity index is 350. The highest BCUT2D eigenvalue weighted by molar-refractivity contribution is 7.93. The highest BCUT2D eigenvalue weighted by Crippen LogP contribution is 2.03. The monoisotopic (exact) mass is 201 g/mol. The first kappa shape index (κ1) is 11.7. The van der Waals surface area contributed by atoms with E-state index in [1.807, 2.05) is 0 Å². The van der Waals surface area contributed by atoms with Crippen LogP contribution in [-0.2, 0) is 10.0 Å². The van der Waals surface area contributed by atoms with Gasteiger partial charge in [0.2, 0.25) is 10.0 Å². The van der Waals surface area contributed by atoms with Crippen LogP contribution < -0.4 is 5.14 Å². The van der Waals surface area contributed by atoms with Gasteiger partial charge in [-0.05, 0) is 18.2 Å². The molecular formula is C8H11NO3S. The van der Waals surface area contributed by atoms with Crippen LogP contribution in [0.5, 0.6) is 0 Å². The molecular weight excluding hydrogens is 190 g/mol. The van der Waals surface area contributed by atoms with Gasteiger partial charge in [0, 0.05) is 0 Å². The molecule has 0 radical (unpaired) electrons. The smallest absolute Gasteiger partial charge is 0.238 e. The van der Waals surface area contributed by atoms with Crippen LogP contribution in [0.3, 0.4) is 0 Å². The second kappa shape index (κ2) is 5.34. The fourth-order valence-corrected chi connectivity index (χ4v) is 1.12. The highest BCUT2D eigenvalue weighted by atomic mass is 32.2. The fraction of sp³-hybridized carbons (Fsp3) is 0. The quantitative estimate of drug-likeness (QED) is 0.525. The fourth-order valence-electron chi connectivity index (χ4n) is 0.561. The van der Waals surface area contributed by atoms with Gasteiger partial charge in [-0.1, -0.05) is 18.7 Å². The Hall–Kier alpha value is -1.33. The minimum absolute atomic E-state index is 0.0689. The molecule has 0 unspecified atom stereocenters. The van der Waals surface area contributed by atoms with E-state index in [0.717, 1.165) is 6.26 Å². The van der Waals surface area contributed by atoms with Gasteiger partial charge in [0.05, 0.1) is 11.2 Å².